The molecule has 0 saturated carbocycles. The second-order valence-electron chi connectivity index (χ2n) is 6.47. The number of hydrogen-bond acceptors (Lipinski definition) is 8. The summed E-state index contributed by atoms with van der Waals surface area (Å²) < 4.78 is 9.87. The smallest absolute Gasteiger partial charge is 0.351 e. The molecular weight excluding hydrogens is 378 g/mol. The first-order chi connectivity index (χ1) is 13.7. The quantitative estimate of drug-likeness (QED) is 0.226. The van der Waals surface area contributed by atoms with E-state index in [2.05, 4.69) is 16.3 Å². The summed E-state index contributed by atoms with van der Waals surface area (Å²) >= 11 is 0. The van der Waals surface area contributed by atoms with Crippen LogP contribution in [0.15, 0.2) is 38.5 Å². The first-order valence-corrected chi connectivity index (χ1v) is 9.21. The van der Waals surface area contributed by atoms with Gasteiger partial charge in [0.05, 0.1) is 11.4 Å². The van der Waals surface area contributed by atoms with Crippen LogP contribution in [0.2, 0.25) is 0 Å². The minimum atomic E-state index is -1.02. The number of aromatic hydroxyl groups is 2. The average Bonchev–Trinajstić information content (AvgIpc) is 2.62. The normalized spacial score (nSPS) is 11.3. The van der Waals surface area contributed by atoms with Crippen LogP contribution < -0.4 is 10.4 Å². The number of nitrogens with zero attached hydrogens (tertiary/aromatic N) is 1. The van der Waals surface area contributed by atoms with Crippen LogP contribution >= 0.6 is 0 Å². The molecule has 0 amide bonds. The van der Waals surface area contributed by atoms with Gasteiger partial charge in [-0.15, -0.1) is 0 Å². The largest absolute Gasteiger partial charge is 0.506 e. The van der Waals surface area contributed by atoms with Crippen molar-refractivity contribution in [3.63, 3.8) is 0 Å². The Labute approximate surface area is 167 Å². The lowest BCUT2D eigenvalue weighted by Crippen LogP contribution is -2.15. The third-order valence-corrected chi connectivity index (χ3v) is 4.14. The SMILES string of the molecule is CCCCCC(=O)Oc1ccc(N=C(C)c2c(O)c(C(C)=O)c(O)oc2=O)cc1. The lowest BCUT2D eigenvalue weighted by atomic mass is 10.1. The van der Waals surface area contributed by atoms with E-state index in [0.29, 0.717) is 17.9 Å². The number of aliphatic imine (C=N–C) groups is 1. The van der Waals surface area contributed by atoms with Crippen LogP contribution in [0.4, 0.5) is 5.69 Å². The van der Waals surface area contributed by atoms with Crippen molar-refractivity contribution in [2.75, 3.05) is 0 Å². The topological polar surface area (TPSA) is 126 Å². The number of unbranched alkanes of at least 4 members (excludes halogenated alkanes) is 2. The Hall–Kier alpha value is -3.42. The van der Waals surface area contributed by atoms with Crippen LogP contribution in [0.1, 0.15) is 62.4 Å². The molecule has 1 heterocycles. The molecule has 0 atom stereocenters. The van der Waals surface area contributed by atoms with Crippen molar-refractivity contribution in [2.24, 2.45) is 4.99 Å². The molecule has 8 nitrogen and oxygen atoms in total. The molecule has 0 aliphatic rings. The zero-order valence-electron chi connectivity index (χ0n) is 16.5. The predicted octanol–water partition coefficient (Wildman–Crippen LogP) is 3.88. The first kappa shape index (κ1) is 21.9. The van der Waals surface area contributed by atoms with Crippen molar-refractivity contribution < 1.29 is 29.0 Å². The fraction of sp³-hybridized carbons (Fsp3) is 0.333. The summed E-state index contributed by atoms with van der Waals surface area (Å²) in [5.74, 6) is -2.24. The van der Waals surface area contributed by atoms with E-state index in [1.165, 1.54) is 6.92 Å². The van der Waals surface area contributed by atoms with Gasteiger partial charge in [-0.2, -0.15) is 0 Å². The molecule has 2 rings (SSSR count). The third-order valence-electron chi connectivity index (χ3n) is 4.14. The highest BCUT2D eigenvalue weighted by molar-refractivity contribution is 6.07. The number of rotatable bonds is 8. The van der Waals surface area contributed by atoms with Gasteiger partial charge in [-0.1, -0.05) is 19.8 Å². The number of Topliss-reactive ketones (excluding diaryl/α,β-unsaturated/α-hetero) is 1. The van der Waals surface area contributed by atoms with Crippen molar-refractivity contribution in [2.45, 2.75) is 46.5 Å². The summed E-state index contributed by atoms with van der Waals surface area (Å²) in [6, 6.07) is 6.26. The number of esters is 1. The number of ether oxygens (including phenoxy) is 1. The van der Waals surface area contributed by atoms with Gasteiger partial charge in [-0.25, -0.2) is 4.79 Å². The summed E-state index contributed by atoms with van der Waals surface area (Å²) in [7, 11) is 0. The number of hydrogen-bond donors (Lipinski definition) is 2. The summed E-state index contributed by atoms with van der Waals surface area (Å²) in [6.45, 7) is 4.62. The van der Waals surface area contributed by atoms with Crippen molar-refractivity contribution in [1.29, 1.82) is 0 Å². The Kier molecular flexibility index (Phi) is 7.30. The molecule has 0 fully saturated rings. The maximum Gasteiger partial charge on any atom is 0.351 e. The maximum atomic E-state index is 12.0. The molecule has 0 aliphatic heterocycles. The zero-order chi connectivity index (χ0) is 21.6. The van der Waals surface area contributed by atoms with Gasteiger partial charge in [-0.05, 0) is 44.5 Å². The molecule has 8 heteroatoms. The summed E-state index contributed by atoms with van der Waals surface area (Å²) in [4.78, 5) is 39.6. The molecule has 0 aliphatic carbocycles. The standard InChI is InChI=1S/C21H23NO7/c1-4-5-6-7-16(24)28-15-10-8-14(9-11-15)22-12(2)17-19(25)18(13(3)23)21(27)29-20(17)26/h8-11,25,27H,4-7H2,1-3H3. The highest BCUT2D eigenvalue weighted by atomic mass is 16.5. The monoisotopic (exact) mass is 401 g/mol. The predicted molar refractivity (Wildman–Crippen MR) is 106 cm³/mol. The molecule has 0 spiro atoms. The molecule has 154 valence electrons. The molecule has 1 aromatic carbocycles. The highest BCUT2D eigenvalue weighted by Crippen LogP contribution is 2.29. The Morgan fingerprint density at radius 2 is 1.72 bits per heavy atom. The van der Waals surface area contributed by atoms with Crippen LogP contribution in [0, 0.1) is 0 Å². The highest BCUT2D eigenvalue weighted by Gasteiger charge is 2.23. The maximum absolute atomic E-state index is 12.0. The van der Waals surface area contributed by atoms with Crippen LogP contribution in [0.25, 0.3) is 0 Å². The minimum Gasteiger partial charge on any atom is -0.506 e. The first-order valence-electron chi connectivity index (χ1n) is 9.21. The van der Waals surface area contributed by atoms with Crippen LogP contribution in [-0.4, -0.2) is 27.7 Å². The van der Waals surface area contributed by atoms with Gasteiger partial charge in [0.25, 0.3) is 5.95 Å². The van der Waals surface area contributed by atoms with E-state index in [1.54, 1.807) is 24.3 Å². The fourth-order valence-electron chi connectivity index (χ4n) is 2.69. The molecular formula is C21H23NO7. The number of carbonyl (C=O) groups excluding carboxylic acids is 2. The van der Waals surface area contributed by atoms with E-state index in [-0.39, 0.29) is 17.2 Å². The molecule has 0 bridgehead atoms. The lowest BCUT2D eigenvalue weighted by Gasteiger charge is -2.08. The number of ketones is 1. The molecule has 2 N–H and O–H groups in total. The van der Waals surface area contributed by atoms with E-state index >= 15 is 0 Å². The van der Waals surface area contributed by atoms with E-state index in [4.69, 9.17) is 4.74 Å². The minimum absolute atomic E-state index is 0.0862. The number of benzene rings is 1. The summed E-state index contributed by atoms with van der Waals surface area (Å²) in [5.41, 5.74) is -1.32. The van der Waals surface area contributed by atoms with Gasteiger partial charge in [0.1, 0.15) is 22.6 Å². The van der Waals surface area contributed by atoms with Crippen molar-refractivity contribution in [3.05, 3.63) is 45.8 Å². The number of carbonyl (C=O) groups is 2. The van der Waals surface area contributed by atoms with Gasteiger partial charge < -0.3 is 19.4 Å². The van der Waals surface area contributed by atoms with Crippen LogP contribution in [-0.2, 0) is 4.79 Å². The second-order valence-corrected chi connectivity index (χ2v) is 6.47. The molecule has 2 aromatic rings. The van der Waals surface area contributed by atoms with Gasteiger partial charge in [0.2, 0.25) is 0 Å². The van der Waals surface area contributed by atoms with E-state index in [1.807, 2.05) is 0 Å². The molecule has 29 heavy (non-hydrogen) atoms. The van der Waals surface area contributed by atoms with Gasteiger partial charge in [0.15, 0.2) is 5.78 Å². The Bertz CT molecular complexity index is 987. The summed E-state index contributed by atoms with van der Waals surface area (Å²) in [5, 5.41) is 19.8. The average molecular weight is 401 g/mol. The van der Waals surface area contributed by atoms with Crippen LogP contribution in [0.5, 0.6) is 17.4 Å². The fourth-order valence-corrected chi connectivity index (χ4v) is 2.69. The van der Waals surface area contributed by atoms with Crippen LogP contribution in [0.3, 0.4) is 0 Å². The Balaban J connectivity index is 2.23. The van der Waals surface area contributed by atoms with Crippen molar-refractivity contribution in [3.8, 4) is 17.4 Å². The van der Waals surface area contributed by atoms with Gasteiger partial charge in [0, 0.05) is 6.42 Å². The van der Waals surface area contributed by atoms with E-state index < -0.39 is 28.7 Å². The van der Waals surface area contributed by atoms with Crippen molar-refractivity contribution >= 4 is 23.2 Å². The Morgan fingerprint density at radius 3 is 2.31 bits per heavy atom. The molecule has 1 aromatic heterocycles. The lowest BCUT2D eigenvalue weighted by molar-refractivity contribution is -0.134. The molecule has 0 saturated heterocycles. The van der Waals surface area contributed by atoms with E-state index in [0.717, 1.165) is 26.2 Å². The summed E-state index contributed by atoms with van der Waals surface area (Å²) in [6.07, 6.45) is 3.10. The second kappa shape index (κ2) is 9.68. The van der Waals surface area contributed by atoms with Gasteiger partial charge in [-0.3, -0.25) is 14.6 Å². The van der Waals surface area contributed by atoms with Gasteiger partial charge >= 0.3 is 11.6 Å². The molecule has 0 unspecified atom stereocenters. The third kappa shape index (κ3) is 5.54. The van der Waals surface area contributed by atoms with Crippen molar-refractivity contribution in [1.82, 2.24) is 0 Å². The molecule has 0 radical (unpaired) electrons. The van der Waals surface area contributed by atoms with E-state index in [9.17, 15) is 24.6 Å². The Morgan fingerprint density at radius 1 is 1.07 bits per heavy atom. The zero-order valence-corrected chi connectivity index (χ0v) is 16.5.